The third kappa shape index (κ3) is 3.33. The molecular weight excluding hydrogens is 316 g/mol. The van der Waals surface area contributed by atoms with Crippen molar-refractivity contribution in [3.63, 3.8) is 0 Å². The van der Waals surface area contributed by atoms with Gasteiger partial charge in [-0.3, -0.25) is 4.98 Å². The molecule has 0 atom stereocenters. The van der Waals surface area contributed by atoms with E-state index < -0.39 is 0 Å². The van der Waals surface area contributed by atoms with Crippen LogP contribution in [0.5, 0.6) is 0 Å². The van der Waals surface area contributed by atoms with Gasteiger partial charge in [0.25, 0.3) is 0 Å². The summed E-state index contributed by atoms with van der Waals surface area (Å²) in [7, 11) is 0. The maximum Gasteiger partial charge on any atom is 0.0726 e. The molecule has 134 valence electrons. The Morgan fingerprint density at radius 3 is 2.42 bits per heavy atom. The minimum absolute atomic E-state index is 0.613. The van der Waals surface area contributed by atoms with Crippen molar-refractivity contribution in [3.8, 4) is 0 Å². The van der Waals surface area contributed by atoms with E-state index in [0.29, 0.717) is 5.92 Å². The number of aromatic nitrogens is 1. The number of hydrogen-bond acceptors (Lipinski definition) is 2. The van der Waals surface area contributed by atoms with Gasteiger partial charge in [0.05, 0.1) is 11.2 Å². The zero-order valence-corrected chi connectivity index (χ0v) is 15.9. The van der Waals surface area contributed by atoms with Crippen molar-refractivity contribution in [2.75, 3.05) is 5.32 Å². The van der Waals surface area contributed by atoms with Crippen molar-refractivity contribution in [2.24, 2.45) is 0 Å². The first-order valence-corrected chi connectivity index (χ1v) is 10.0. The Balaban J connectivity index is 1.86. The number of nitrogens with zero attached hydrogens (tertiary/aromatic N) is 1. The highest BCUT2D eigenvalue weighted by atomic mass is 14.9. The summed E-state index contributed by atoms with van der Waals surface area (Å²) in [5.74, 6) is 0.613. The van der Waals surface area contributed by atoms with E-state index in [1.54, 1.807) is 0 Å². The Morgan fingerprint density at radius 1 is 0.962 bits per heavy atom. The molecule has 0 saturated heterocycles. The van der Waals surface area contributed by atoms with Gasteiger partial charge in [0.2, 0.25) is 0 Å². The first-order chi connectivity index (χ1) is 12.8. The summed E-state index contributed by atoms with van der Waals surface area (Å²) in [4.78, 5) is 5.15. The highest BCUT2D eigenvalue weighted by molar-refractivity contribution is 5.95. The maximum atomic E-state index is 5.15. The molecule has 0 spiro atoms. The summed E-state index contributed by atoms with van der Waals surface area (Å²) in [6.07, 6.45) is 7.62. The fourth-order valence-corrected chi connectivity index (χ4v) is 4.27. The van der Waals surface area contributed by atoms with E-state index in [4.69, 9.17) is 4.98 Å². The lowest BCUT2D eigenvalue weighted by molar-refractivity contribution is 0.435. The van der Waals surface area contributed by atoms with E-state index >= 15 is 0 Å². The van der Waals surface area contributed by atoms with Crippen LogP contribution in [-0.4, -0.2) is 4.98 Å². The summed E-state index contributed by atoms with van der Waals surface area (Å²) < 4.78 is 0. The molecule has 2 aromatic carbocycles. The molecule has 2 heteroatoms. The molecular formula is C24H28N2. The monoisotopic (exact) mass is 344 g/mol. The van der Waals surface area contributed by atoms with Gasteiger partial charge in [0.1, 0.15) is 0 Å². The number of para-hydroxylation sites is 1. The fraction of sp³-hybridized carbons (Fsp3) is 0.375. The fourth-order valence-electron chi connectivity index (χ4n) is 4.27. The molecule has 0 radical (unpaired) electrons. The second-order valence-electron chi connectivity index (χ2n) is 7.55. The summed E-state index contributed by atoms with van der Waals surface area (Å²) in [5, 5.41) is 4.96. The molecule has 1 aromatic heterocycles. The maximum absolute atomic E-state index is 5.15. The van der Waals surface area contributed by atoms with E-state index in [1.165, 1.54) is 60.0 Å². The average molecular weight is 345 g/mol. The number of aryl methyl sites for hydroxylation is 1. The van der Waals surface area contributed by atoms with Crippen molar-refractivity contribution in [1.29, 1.82) is 0 Å². The molecule has 0 aliphatic heterocycles. The van der Waals surface area contributed by atoms with Crippen molar-refractivity contribution in [1.82, 2.24) is 4.98 Å². The van der Waals surface area contributed by atoms with Gasteiger partial charge in [-0.1, -0.05) is 62.1 Å². The Kier molecular flexibility index (Phi) is 4.92. The molecule has 1 fully saturated rings. The number of pyridine rings is 1. The van der Waals surface area contributed by atoms with Gasteiger partial charge >= 0.3 is 0 Å². The summed E-state index contributed by atoms with van der Waals surface area (Å²) in [5.41, 5.74) is 7.53. The lowest BCUT2D eigenvalue weighted by atomic mass is 9.83. The van der Waals surface area contributed by atoms with Crippen LogP contribution in [0.15, 0.2) is 48.5 Å². The van der Waals surface area contributed by atoms with Crippen LogP contribution in [0.4, 0.5) is 11.4 Å². The Morgan fingerprint density at radius 2 is 1.69 bits per heavy atom. The molecule has 3 aromatic rings. The molecule has 1 N–H and O–H groups in total. The third-order valence-corrected chi connectivity index (χ3v) is 5.69. The van der Waals surface area contributed by atoms with Crippen molar-refractivity contribution in [2.45, 2.75) is 58.3 Å². The molecule has 4 rings (SSSR count). The summed E-state index contributed by atoms with van der Waals surface area (Å²) >= 11 is 0. The smallest absolute Gasteiger partial charge is 0.0726 e. The molecule has 0 bridgehead atoms. The van der Waals surface area contributed by atoms with Gasteiger partial charge < -0.3 is 5.32 Å². The number of benzene rings is 2. The van der Waals surface area contributed by atoms with Crippen LogP contribution < -0.4 is 5.32 Å². The number of nitrogens with one attached hydrogen (secondary N) is 1. The van der Waals surface area contributed by atoms with E-state index in [-0.39, 0.29) is 0 Å². The standard InChI is InChI=1S/C24H28N2/c1-3-20-23(18-9-5-4-6-10-18)26-22-12-8-7-11-21(22)24(20)25-19-15-13-17(2)14-16-19/h7-8,11-16,18H,3-6,9-10H2,1-2H3,(H,25,26). The molecule has 1 heterocycles. The minimum Gasteiger partial charge on any atom is -0.355 e. The first-order valence-electron chi connectivity index (χ1n) is 10.0. The van der Waals surface area contributed by atoms with Gasteiger partial charge in [-0.2, -0.15) is 0 Å². The van der Waals surface area contributed by atoms with E-state index in [0.717, 1.165) is 17.6 Å². The molecule has 1 aliphatic rings. The minimum atomic E-state index is 0.613. The topological polar surface area (TPSA) is 24.9 Å². The summed E-state index contributed by atoms with van der Waals surface area (Å²) in [6.45, 7) is 4.39. The van der Waals surface area contributed by atoms with E-state index in [1.807, 2.05) is 0 Å². The molecule has 0 unspecified atom stereocenters. The molecule has 2 nitrogen and oxygen atoms in total. The first kappa shape index (κ1) is 17.1. The highest BCUT2D eigenvalue weighted by Gasteiger charge is 2.23. The number of hydrogen-bond donors (Lipinski definition) is 1. The highest BCUT2D eigenvalue weighted by Crippen LogP contribution is 2.39. The lowest BCUT2D eigenvalue weighted by Crippen LogP contribution is -2.12. The van der Waals surface area contributed by atoms with Crippen LogP contribution >= 0.6 is 0 Å². The Bertz CT molecular complexity index is 890. The second kappa shape index (κ2) is 7.49. The van der Waals surface area contributed by atoms with Gasteiger partial charge in [0, 0.05) is 22.7 Å². The predicted molar refractivity (Wildman–Crippen MR) is 111 cm³/mol. The van der Waals surface area contributed by atoms with E-state index in [2.05, 4.69) is 67.7 Å². The SMILES string of the molecule is CCc1c(C2CCCCC2)nc2ccccc2c1Nc1ccc(C)cc1. The van der Waals surface area contributed by atoms with Crippen LogP contribution in [0.25, 0.3) is 10.9 Å². The zero-order chi connectivity index (χ0) is 17.9. The average Bonchev–Trinajstić information content (AvgIpc) is 2.70. The van der Waals surface area contributed by atoms with Gasteiger partial charge in [-0.15, -0.1) is 0 Å². The van der Waals surface area contributed by atoms with Crippen LogP contribution in [0.1, 0.15) is 61.8 Å². The largest absolute Gasteiger partial charge is 0.355 e. The zero-order valence-electron chi connectivity index (χ0n) is 15.9. The molecule has 26 heavy (non-hydrogen) atoms. The second-order valence-corrected chi connectivity index (χ2v) is 7.55. The third-order valence-electron chi connectivity index (χ3n) is 5.69. The van der Waals surface area contributed by atoms with Crippen LogP contribution in [0.2, 0.25) is 0 Å². The molecule has 0 amide bonds. The van der Waals surface area contributed by atoms with Crippen molar-refractivity contribution >= 4 is 22.3 Å². The van der Waals surface area contributed by atoms with Crippen molar-refractivity contribution in [3.05, 3.63) is 65.4 Å². The Labute approximate surface area is 156 Å². The number of fused-ring (bicyclic) bond motifs is 1. The van der Waals surface area contributed by atoms with E-state index in [9.17, 15) is 0 Å². The van der Waals surface area contributed by atoms with Gasteiger partial charge in [-0.25, -0.2) is 0 Å². The number of rotatable bonds is 4. The summed E-state index contributed by atoms with van der Waals surface area (Å²) in [6, 6.07) is 17.2. The van der Waals surface area contributed by atoms with Crippen LogP contribution in [-0.2, 0) is 6.42 Å². The number of anilines is 2. The Hall–Kier alpha value is -2.35. The lowest BCUT2D eigenvalue weighted by Gasteiger charge is -2.26. The quantitative estimate of drug-likeness (QED) is 0.557. The van der Waals surface area contributed by atoms with Gasteiger partial charge in [-0.05, 0) is 49.9 Å². The molecule has 1 aliphatic carbocycles. The van der Waals surface area contributed by atoms with Crippen LogP contribution in [0, 0.1) is 6.92 Å². The normalized spacial score (nSPS) is 15.3. The van der Waals surface area contributed by atoms with Crippen LogP contribution in [0.3, 0.4) is 0 Å². The molecule has 1 saturated carbocycles. The van der Waals surface area contributed by atoms with Gasteiger partial charge in [0.15, 0.2) is 0 Å². The van der Waals surface area contributed by atoms with Crippen molar-refractivity contribution < 1.29 is 0 Å². The predicted octanol–water partition coefficient (Wildman–Crippen LogP) is 6.90.